The number of hydrogen-bond acceptors (Lipinski definition) is 6. The van der Waals surface area contributed by atoms with Crippen molar-refractivity contribution in [3.63, 3.8) is 0 Å². The summed E-state index contributed by atoms with van der Waals surface area (Å²) in [6.45, 7) is 2.13. The highest BCUT2D eigenvalue weighted by molar-refractivity contribution is 7.99. The number of nitrogens with zero attached hydrogens (tertiary/aromatic N) is 3. The van der Waals surface area contributed by atoms with Gasteiger partial charge in [0.25, 0.3) is 0 Å². The number of rotatable bonds is 6. The van der Waals surface area contributed by atoms with Crippen LogP contribution in [0.5, 0.6) is 11.5 Å². The van der Waals surface area contributed by atoms with Crippen molar-refractivity contribution in [3.8, 4) is 22.9 Å². The summed E-state index contributed by atoms with van der Waals surface area (Å²) in [5.74, 6) is 1.78. The van der Waals surface area contributed by atoms with E-state index in [1.807, 2.05) is 32.2 Å². The Morgan fingerprint density at radius 2 is 1.97 bits per heavy atom. The lowest BCUT2D eigenvalue weighted by atomic mass is 10.1. The maximum absolute atomic E-state index is 13.1. The molecule has 0 saturated heterocycles. The molecule has 0 saturated carbocycles. The van der Waals surface area contributed by atoms with Crippen LogP contribution in [0.15, 0.2) is 47.6 Å². The molecule has 0 bridgehead atoms. The smallest absolute Gasteiger partial charge is 0.231 e. The van der Waals surface area contributed by atoms with Crippen molar-refractivity contribution >= 4 is 17.7 Å². The van der Waals surface area contributed by atoms with Crippen molar-refractivity contribution in [2.24, 2.45) is 7.05 Å². The molecule has 4 rings (SSSR count). The minimum atomic E-state index is -0.307. The van der Waals surface area contributed by atoms with Gasteiger partial charge in [-0.25, -0.2) is 4.39 Å². The van der Waals surface area contributed by atoms with Crippen LogP contribution in [0.2, 0.25) is 0 Å². The first-order chi connectivity index (χ1) is 14.0. The Morgan fingerprint density at radius 3 is 2.76 bits per heavy atom. The third-order valence-electron chi connectivity index (χ3n) is 4.54. The number of thioether (sulfide) groups is 1. The Kier molecular flexibility index (Phi) is 5.39. The lowest BCUT2D eigenvalue weighted by Gasteiger charge is -2.14. The molecule has 2 heterocycles. The number of halogens is 1. The molecular formula is C20H19FN4O3S. The number of hydrogen-bond donors (Lipinski definition) is 1. The van der Waals surface area contributed by atoms with Gasteiger partial charge in [-0.3, -0.25) is 4.79 Å². The molecule has 0 unspecified atom stereocenters. The van der Waals surface area contributed by atoms with Crippen molar-refractivity contribution in [3.05, 3.63) is 53.8 Å². The van der Waals surface area contributed by atoms with E-state index >= 15 is 0 Å². The fraction of sp³-hybridized carbons (Fsp3) is 0.250. The number of amides is 1. The fourth-order valence-corrected chi connectivity index (χ4v) is 3.69. The molecule has 1 aliphatic heterocycles. The number of ether oxygens (including phenoxy) is 2. The molecule has 0 fully saturated rings. The summed E-state index contributed by atoms with van der Waals surface area (Å²) in [5.41, 5.74) is 1.69. The summed E-state index contributed by atoms with van der Waals surface area (Å²) in [6, 6.07) is 11.5. The van der Waals surface area contributed by atoms with E-state index in [9.17, 15) is 9.18 Å². The van der Waals surface area contributed by atoms with Crippen molar-refractivity contribution in [2.45, 2.75) is 18.1 Å². The summed E-state index contributed by atoms with van der Waals surface area (Å²) in [4.78, 5) is 12.4. The average Bonchev–Trinajstić information content (AvgIpc) is 3.33. The van der Waals surface area contributed by atoms with Crippen LogP contribution in [0.1, 0.15) is 18.5 Å². The van der Waals surface area contributed by atoms with Gasteiger partial charge in [0.15, 0.2) is 22.5 Å². The van der Waals surface area contributed by atoms with Crippen LogP contribution >= 0.6 is 11.8 Å². The molecule has 1 aliphatic rings. The summed E-state index contributed by atoms with van der Waals surface area (Å²) in [7, 11) is 1.81. The van der Waals surface area contributed by atoms with E-state index in [1.54, 1.807) is 16.7 Å². The van der Waals surface area contributed by atoms with Crippen LogP contribution in [0.3, 0.4) is 0 Å². The van der Waals surface area contributed by atoms with Crippen LogP contribution in [-0.2, 0) is 11.8 Å². The molecule has 0 aliphatic carbocycles. The Balaban J connectivity index is 1.35. The Morgan fingerprint density at radius 1 is 1.21 bits per heavy atom. The van der Waals surface area contributed by atoms with Gasteiger partial charge in [-0.15, -0.1) is 10.2 Å². The van der Waals surface area contributed by atoms with Crippen LogP contribution in [0, 0.1) is 5.82 Å². The predicted octanol–water partition coefficient (Wildman–Crippen LogP) is 3.32. The van der Waals surface area contributed by atoms with Gasteiger partial charge < -0.3 is 19.4 Å². The third kappa shape index (κ3) is 4.19. The zero-order valence-electron chi connectivity index (χ0n) is 15.9. The molecule has 0 radical (unpaired) electrons. The largest absolute Gasteiger partial charge is 0.454 e. The van der Waals surface area contributed by atoms with E-state index in [0.717, 1.165) is 11.1 Å². The number of aromatic nitrogens is 3. The molecule has 2 aromatic carbocycles. The maximum Gasteiger partial charge on any atom is 0.231 e. The van der Waals surface area contributed by atoms with Crippen LogP contribution in [0.4, 0.5) is 4.39 Å². The lowest BCUT2D eigenvalue weighted by molar-refractivity contribution is -0.119. The van der Waals surface area contributed by atoms with E-state index in [1.165, 1.54) is 23.9 Å². The van der Waals surface area contributed by atoms with Crippen LogP contribution < -0.4 is 14.8 Å². The highest BCUT2D eigenvalue weighted by Crippen LogP contribution is 2.34. The first kappa shape index (κ1) is 19.3. The predicted molar refractivity (Wildman–Crippen MR) is 106 cm³/mol. The monoisotopic (exact) mass is 414 g/mol. The molecule has 1 N–H and O–H groups in total. The van der Waals surface area contributed by atoms with E-state index < -0.39 is 0 Å². The third-order valence-corrected chi connectivity index (χ3v) is 5.56. The Bertz CT molecular complexity index is 1040. The maximum atomic E-state index is 13.1. The SMILES string of the molecule is C[C@H](NC(=O)CSc1nnc(-c2ccc(F)cc2)n1C)c1ccc2c(c1)OCO2. The number of carbonyl (C=O) groups is 1. The quantitative estimate of drug-likeness (QED) is 0.624. The van der Waals surface area contributed by atoms with Gasteiger partial charge in [-0.1, -0.05) is 17.8 Å². The molecule has 3 aromatic rings. The zero-order valence-corrected chi connectivity index (χ0v) is 16.7. The second-order valence-corrected chi connectivity index (χ2v) is 7.51. The molecule has 1 amide bonds. The molecule has 0 spiro atoms. The lowest BCUT2D eigenvalue weighted by Crippen LogP contribution is -2.28. The van der Waals surface area contributed by atoms with Crippen molar-refractivity contribution < 1.29 is 18.7 Å². The van der Waals surface area contributed by atoms with Crippen LogP contribution in [-0.4, -0.2) is 33.2 Å². The second-order valence-electron chi connectivity index (χ2n) is 6.56. The van der Waals surface area contributed by atoms with E-state index in [-0.39, 0.29) is 30.3 Å². The number of fused-ring (bicyclic) bond motifs is 1. The fourth-order valence-electron chi connectivity index (χ4n) is 2.97. The van der Waals surface area contributed by atoms with Gasteiger partial charge >= 0.3 is 0 Å². The van der Waals surface area contributed by atoms with E-state index in [0.29, 0.717) is 22.5 Å². The van der Waals surface area contributed by atoms with Crippen molar-refractivity contribution in [1.29, 1.82) is 0 Å². The molecule has 1 aromatic heterocycles. The highest BCUT2D eigenvalue weighted by atomic mass is 32.2. The van der Waals surface area contributed by atoms with Gasteiger partial charge in [0.2, 0.25) is 12.7 Å². The van der Waals surface area contributed by atoms with Gasteiger partial charge in [0.1, 0.15) is 5.82 Å². The molecular weight excluding hydrogens is 395 g/mol. The Labute approximate surface area is 171 Å². The molecule has 150 valence electrons. The molecule has 7 nitrogen and oxygen atoms in total. The summed E-state index contributed by atoms with van der Waals surface area (Å²) < 4.78 is 25.6. The zero-order chi connectivity index (χ0) is 20.4. The topological polar surface area (TPSA) is 78.3 Å². The van der Waals surface area contributed by atoms with Crippen molar-refractivity contribution in [2.75, 3.05) is 12.5 Å². The first-order valence-corrected chi connectivity index (χ1v) is 9.97. The van der Waals surface area contributed by atoms with Gasteiger partial charge in [0, 0.05) is 12.6 Å². The molecule has 1 atom stereocenters. The van der Waals surface area contributed by atoms with Gasteiger partial charge in [0.05, 0.1) is 11.8 Å². The normalized spacial score (nSPS) is 13.3. The average molecular weight is 414 g/mol. The standard InChI is InChI=1S/C20H19FN4O3S/c1-12(14-5-8-16-17(9-14)28-11-27-16)22-18(26)10-29-20-24-23-19(25(20)2)13-3-6-15(21)7-4-13/h3-9,12H,10-11H2,1-2H3,(H,22,26)/t12-/m0/s1. The number of nitrogens with one attached hydrogen (secondary N) is 1. The Hall–Kier alpha value is -3.07. The molecule has 29 heavy (non-hydrogen) atoms. The number of benzene rings is 2. The highest BCUT2D eigenvalue weighted by Gasteiger charge is 2.18. The first-order valence-electron chi connectivity index (χ1n) is 8.98. The number of carbonyl (C=O) groups excluding carboxylic acids is 1. The van der Waals surface area contributed by atoms with Crippen molar-refractivity contribution in [1.82, 2.24) is 20.1 Å². The summed E-state index contributed by atoms with van der Waals surface area (Å²) >= 11 is 1.29. The van der Waals surface area contributed by atoms with E-state index in [4.69, 9.17) is 9.47 Å². The van der Waals surface area contributed by atoms with E-state index in [2.05, 4.69) is 15.5 Å². The minimum Gasteiger partial charge on any atom is -0.454 e. The minimum absolute atomic E-state index is 0.119. The van der Waals surface area contributed by atoms with Gasteiger partial charge in [-0.2, -0.15) is 0 Å². The summed E-state index contributed by atoms with van der Waals surface area (Å²) in [5, 5.41) is 11.9. The second kappa shape index (κ2) is 8.12. The van der Waals surface area contributed by atoms with Gasteiger partial charge in [-0.05, 0) is 48.9 Å². The molecule has 9 heteroatoms. The van der Waals surface area contributed by atoms with Crippen LogP contribution in [0.25, 0.3) is 11.4 Å². The summed E-state index contributed by atoms with van der Waals surface area (Å²) in [6.07, 6.45) is 0.